The van der Waals surface area contributed by atoms with Crippen LogP contribution < -0.4 is 4.74 Å². The summed E-state index contributed by atoms with van der Waals surface area (Å²) in [5, 5.41) is 8.94. The van der Waals surface area contributed by atoms with E-state index < -0.39 is 23.4 Å². The second kappa shape index (κ2) is 5.64. The lowest BCUT2D eigenvalue weighted by atomic mass is 10.1. The van der Waals surface area contributed by atoms with Gasteiger partial charge in [-0.3, -0.25) is 0 Å². The molecule has 2 aromatic carbocycles. The van der Waals surface area contributed by atoms with Gasteiger partial charge in [-0.15, -0.1) is 0 Å². The van der Waals surface area contributed by atoms with Crippen molar-refractivity contribution in [3.63, 3.8) is 0 Å². The van der Waals surface area contributed by atoms with Crippen LogP contribution in [0, 0.1) is 17.5 Å². The second-order valence-corrected chi connectivity index (χ2v) is 3.95. The molecule has 2 aromatic rings. The van der Waals surface area contributed by atoms with Gasteiger partial charge < -0.3 is 9.84 Å². The summed E-state index contributed by atoms with van der Waals surface area (Å²) in [5.74, 6) is -4.54. The molecule has 0 atom stereocenters. The maximum Gasteiger partial charge on any atom is 0.336 e. The first kappa shape index (κ1) is 13.9. The normalized spacial score (nSPS) is 10.3. The lowest BCUT2D eigenvalue weighted by Crippen LogP contribution is -2.07. The van der Waals surface area contributed by atoms with E-state index in [1.54, 1.807) is 0 Å². The van der Waals surface area contributed by atoms with E-state index in [9.17, 15) is 18.0 Å². The van der Waals surface area contributed by atoms with E-state index in [-0.39, 0.29) is 23.5 Å². The van der Waals surface area contributed by atoms with Crippen LogP contribution in [0.2, 0.25) is 0 Å². The van der Waals surface area contributed by atoms with Crippen molar-refractivity contribution < 1.29 is 27.8 Å². The zero-order valence-electron chi connectivity index (χ0n) is 10.1. The first-order valence-electron chi connectivity index (χ1n) is 5.57. The average Bonchev–Trinajstić information content (AvgIpc) is 2.40. The quantitative estimate of drug-likeness (QED) is 0.935. The van der Waals surface area contributed by atoms with Gasteiger partial charge >= 0.3 is 5.97 Å². The molecule has 0 amide bonds. The van der Waals surface area contributed by atoms with Crippen LogP contribution in [-0.4, -0.2) is 11.1 Å². The molecule has 2 rings (SSSR count). The number of ether oxygens (including phenoxy) is 1. The Hall–Kier alpha value is -2.50. The zero-order chi connectivity index (χ0) is 14.7. The predicted octanol–water partition coefficient (Wildman–Crippen LogP) is 3.38. The fourth-order valence-corrected chi connectivity index (χ4v) is 1.64. The topological polar surface area (TPSA) is 46.5 Å². The van der Waals surface area contributed by atoms with Crippen molar-refractivity contribution in [3.05, 3.63) is 65.0 Å². The maximum atomic E-state index is 13.4. The Balaban J connectivity index is 2.24. The monoisotopic (exact) mass is 282 g/mol. The summed E-state index contributed by atoms with van der Waals surface area (Å²) >= 11 is 0. The standard InChI is InChI=1S/C14H9F3O3/c15-9-4-5-10(14(18)19)8(6-9)7-20-12-3-1-2-11(16)13(12)17/h1-6H,7H2,(H,18,19). The van der Waals surface area contributed by atoms with Crippen LogP contribution in [0.1, 0.15) is 15.9 Å². The lowest BCUT2D eigenvalue weighted by molar-refractivity contribution is 0.0694. The molecular weight excluding hydrogens is 273 g/mol. The number of carboxylic acid groups (broad SMARTS) is 1. The van der Waals surface area contributed by atoms with E-state index in [0.29, 0.717) is 0 Å². The minimum absolute atomic E-state index is 0.0289. The molecular formula is C14H9F3O3. The minimum atomic E-state index is -1.26. The Labute approximate surface area is 112 Å². The van der Waals surface area contributed by atoms with Gasteiger partial charge in [-0.05, 0) is 30.3 Å². The van der Waals surface area contributed by atoms with E-state index in [1.165, 1.54) is 12.1 Å². The van der Waals surface area contributed by atoms with Crippen molar-refractivity contribution in [2.24, 2.45) is 0 Å². The number of halogens is 3. The highest BCUT2D eigenvalue weighted by Gasteiger charge is 2.13. The van der Waals surface area contributed by atoms with Crippen molar-refractivity contribution in [3.8, 4) is 5.75 Å². The maximum absolute atomic E-state index is 13.4. The Bertz CT molecular complexity index is 656. The van der Waals surface area contributed by atoms with Crippen molar-refractivity contribution in [2.75, 3.05) is 0 Å². The minimum Gasteiger partial charge on any atom is -0.486 e. The van der Waals surface area contributed by atoms with Crippen LogP contribution in [0.25, 0.3) is 0 Å². The number of carboxylic acids is 1. The van der Waals surface area contributed by atoms with E-state index in [0.717, 1.165) is 24.3 Å². The van der Waals surface area contributed by atoms with Crippen molar-refractivity contribution in [1.82, 2.24) is 0 Å². The zero-order valence-corrected chi connectivity index (χ0v) is 10.1. The summed E-state index contributed by atoms with van der Waals surface area (Å²) in [6.45, 7) is -0.389. The molecule has 0 fully saturated rings. The van der Waals surface area contributed by atoms with Gasteiger partial charge in [-0.2, -0.15) is 4.39 Å². The molecule has 0 radical (unpaired) electrons. The van der Waals surface area contributed by atoms with Gasteiger partial charge in [0.25, 0.3) is 0 Å². The molecule has 0 bridgehead atoms. The number of hydrogen-bond acceptors (Lipinski definition) is 2. The third-order valence-corrected chi connectivity index (χ3v) is 2.60. The summed E-state index contributed by atoms with van der Waals surface area (Å²) in [6, 6.07) is 6.41. The first-order valence-corrected chi connectivity index (χ1v) is 5.57. The third kappa shape index (κ3) is 2.90. The Morgan fingerprint density at radius 2 is 1.90 bits per heavy atom. The van der Waals surface area contributed by atoms with Crippen LogP contribution in [0.3, 0.4) is 0 Å². The highest BCUT2D eigenvalue weighted by Crippen LogP contribution is 2.21. The Morgan fingerprint density at radius 1 is 1.15 bits per heavy atom. The number of benzene rings is 2. The molecule has 0 aliphatic rings. The molecule has 6 heteroatoms. The van der Waals surface area contributed by atoms with Gasteiger partial charge in [0.05, 0.1) is 5.56 Å². The molecule has 0 saturated carbocycles. The van der Waals surface area contributed by atoms with Gasteiger partial charge in [0.1, 0.15) is 12.4 Å². The van der Waals surface area contributed by atoms with Crippen LogP contribution in [0.15, 0.2) is 36.4 Å². The molecule has 0 aliphatic heterocycles. The first-order chi connectivity index (χ1) is 9.49. The summed E-state index contributed by atoms with van der Waals surface area (Å²) in [5.41, 5.74) is -0.135. The van der Waals surface area contributed by atoms with Crippen LogP contribution in [0.4, 0.5) is 13.2 Å². The van der Waals surface area contributed by atoms with Gasteiger partial charge in [0.2, 0.25) is 5.82 Å². The van der Waals surface area contributed by atoms with E-state index in [4.69, 9.17) is 9.84 Å². The fraction of sp³-hybridized carbons (Fsp3) is 0.0714. The molecule has 0 heterocycles. The van der Waals surface area contributed by atoms with Crippen LogP contribution in [0.5, 0.6) is 5.75 Å². The van der Waals surface area contributed by atoms with Crippen LogP contribution >= 0.6 is 0 Å². The SMILES string of the molecule is O=C(O)c1ccc(F)cc1COc1cccc(F)c1F. The van der Waals surface area contributed by atoms with E-state index in [1.807, 2.05) is 0 Å². The molecule has 0 spiro atoms. The molecule has 104 valence electrons. The molecule has 0 aliphatic carbocycles. The molecule has 0 unspecified atom stereocenters. The van der Waals surface area contributed by atoms with Gasteiger partial charge in [0.15, 0.2) is 11.6 Å². The smallest absolute Gasteiger partial charge is 0.336 e. The molecule has 0 aromatic heterocycles. The van der Waals surface area contributed by atoms with Gasteiger partial charge in [-0.1, -0.05) is 6.07 Å². The number of aromatic carboxylic acids is 1. The number of rotatable bonds is 4. The second-order valence-electron chi connectivity index (χ2n) is 3.95. The summed E-state index contributed by atoms with van der Waals surface area (Å²) < 4.78 is 44.4. The Kier molecular flexibility index (Phi) is 3.93. The molecule has 1 N–H and O–H groups in total. The van der Waals surface area contributed by atoms with E-state index in [2.05, 4.69) is 0 Å². The third-order valence-electron chi connectivity index (χ3n) is 2.60. The summed E-state index contributed by atoms with van der Waals surface area (Å²) in [4.78, 5) is 11.0. The molecule has 20 heavy (non-hydrogen) atoms. The summed E-state index contributed by atoms with van der Waals surface area (Å²) in [7, 11) is 0. The fourth-order valence-electron chi connectivity index (χ4n) is 1.64. The van der Waals surface area contributed by atoms with Gasteiger partial charge in [-0.25, -0.2) is 13.6 Å². The van der Waals surface area contributed by atoms with E-state index >= 15 is 0 Å². The van der Waals surface area contributed by atoms with Crippen molar-refractivity contribution in [2.45, 2.75) is 6.61 Å². The largest absolute Gasteiger partial charge is 0.486 e. The van der Waals surface area contributed by atoms with Crippen molar-refractivity contribution >= 4 is 5.97 Å². The average molecular weight is 282 g/mol. The van der Waals surface area contributed by atoms with Crippen molar-refractivity contribution in [1.29, 1.82) is 0 Å². The lowest BCUT2D eigenvalue weighted by Gasteiger charge is -2.10. The predicted molar refractivity (Wildman–Crippen MR) is 64.0 cm³/mol. The number of hydrogen-bond donors (Lipinski definition) is 1. The van der Waals surface area contributed by atoms with Gasteiger partial charge in [0, 0.05) is 5.56 Å². The Morgan fingerprint density at radius 3 is 2.60 bits per heavy atom. The highest BCUT2D eigenvalue weighted by atomic mass is 19.2. The summed E-state index contributed by atoms with van der Waals surface area (Å²) in [6.07, 6.45) is 0. The number of carbonyl (C=O) groups is 1. The molecule has 3 nitrogen and oxygen atoms in total. The molecule has 0 saturated heterocycles. The highest BCUT2D eigenvalue weighted by molar-refractivity contribution is 5.89. The van der Waals surface area contributed by atoms with Crippen LogP contribution in [-0.2, 0) is 6.61 Å².